The lowest BCUT2D eigenvalue weighted by Crippen LogP contribution is -2.35. The maximum Gasteiger partial charge on any atom is 0.225 e. The topological polar surface area (TPSA) is 69.6 Å². The quantitative estimate of drug-likeness (QED) is 0.688. The lowest BCUT2D eigenvalue weighted by molar-refractivity contribution is -0.128. The number of carbonyl (C=O) groups is 2. The molecule has 0 bridgehead atoms. The number of hydrogen-bond acceptors (Lipinski definition) is 3. The Morgan fingerprint density at radius 1 is 1.65 bits per heavy atom. The van der Waals surface area contributed by atoms with Crippen molar-refractivity contribution in [2.75, 3.05) is 26.2 Å². The molecule has 0 saturated carbocycles. The number of nitrogens with one attached hydrogen (secondary N) is 1. The van der Waals surface area contributed by atoms with Gasteiger partial charge < -0.3 is 15.3 Å². The summed E-state index contributed by atoms with van der Waals surface area (Å²) in [5, 5.41) is 11.6. The number of amides is 2. The van der Waals surface area contributed by atoms with Gasteiger partial charge in [-0.25, -0.2) is 0 Å². The second-order valence-electron chi connectivity index (χ2n) is 4.70. The predicted molar refractivity (Wildman–Crippen MR) is 64.2 cm³/mol. The molecule has 2 N–H and O–H groups in total. The van der Waals surface area contributed by atoms with Gasteiger partial charge in [0.15, 0.2) is 0 Å². The summed E-state index contributed by atoms with van der Waals surface area (Å²) in [6.45, 7) is 5.81. The molecule has 1 aliphatic heterocycles. The number of nitrogens with zero attached hydrogens (tertiary/aromatic N) is 1. The lowest BCUT2D eigenvalue weighted by atomic mass is 10.1. The molecule has 0 aliphatic carbocycles. The van der Waals surface area contributed by atoms with E-state index in [1.807, 2.05) is 13.8 Å². The summed E-state index contributed by atoms with van der Waals surface area (Å²) in [4.78, 5) is 25.0. The Hall–Kier alpha value is -1.10. The van der Waals surface area contributed by atoms with Crippen LogP contribution in [-0.2, 0) is 9.59 Å². The van der Waals surface area contributed by atoms with Gasteiger partial charge in [0.1, 0.15) is 0 Å². The Morgan fingerprint density at radius 2 is 2.35 bits per heavy atom. The Labute approximate surface area is 102 Å². The molecule has 2 amide bonds. The third kappa shape index (κ3) is 4.00. The molecule has 0 aromatic carbocycles. The van der Waals surface area contributed by atoms with Crippen molar-refractivity contribution in [1.82, 2.24) is 10.2 Å². The van der Waals surface area contributed by atoms with Crippen molar-refractivity contribution in [3.8, 4) is 0 Å². The SMILES string of the molecule is CCN1CC(C(=O)NCC(C)CCO)CC1=O. The smallest absolute Gasteiger partial charge is 0.225 e. The van der Waals surface area contributed by atoms with E-state index in [4.69, 9.17) is 5.11 Å². The first-order valence-electron chi connectivity index (χ1n) is 6.24. The number of rotatable bonds is 6. The molecule has 5 heteroatoms. The minimum Gasteiger partial charge on any atom is -0.396 e. The van der Waals surface area contributed by atoms with E-state index in [1.165, 1.54) is 0 Å². The van der Waals surface area contributed by atoms with Gasteiger partial charge in [-0.1, -0.05) is 6.92 Å². The highest BCUT2D eigenvalue weighted by Crippen LogP contribution is 2.17. The number of hydrogen-bond donors (Lipinski definition) is 2. The van der Waals surface area contributed by atoms with E-state index in [2.05, 4.69) is 5.32 Å². The van der Waals surface area contributed by atoms with Gasteiger partial charge in [-0.2, -0.15) is 0 Å². The summed E-state index contributed by atoms with van der Waals surface area (Å²) in [5.74, 6) is 0.0854. The first-order chi connectivity index (χ1) is 8.08. The Morgan fingerprint density at radius 3 is 2.88 bits per heavy atom. The Bertz CT molecular complexity index is 281. The number of likely N-dealkylation sites (tertiary alicyclic amines) is 1. The lowest BCUT2D eigenvalue weighted by Gasteiger charge is -2.15. The second kappa shape index (κ2) is 6.59. The van der Waals surface area contributed by atoms with Gasteiger partial charge in [-0.05, 0) is 19.3 Å². The molecule has 0 spiro atoms. The second-order valence-corrected chi connectivity index (χ2v) is 4.70. The number of carbonyl (C=O) groups excluding carboxylic acids is 2. The minimum absolute atomic E-state index is 0.0425. The van der Waals surface area contributed by atoms with E-state index >= 15 is 0 Å². The van der Waals surface area contributed by atoms with E-state index in [0.29, 0.717) is 32.5 Å². The van der Waals surface area contributed by atoms with E-state index in [0.717, 1.165) is 0 Å². The summed E-state index contributed by atoms with van der Waals surface area (Å²) >= 11 is 0. The molecule has 0 radical (unpaired) electrons. The van der Waals surface area contributed by atoms with Gasteiger partial charge in [0.25, 0.3) is 0 Å². The third-order valence-electron chi connectivity index (χ3n) is 3.21. The summed E-state index contributed by atoms with van der Waals surface area (Å²) < 4.78 is 0. The van der Waals surface area contributed by atoms with Crippen LogP contribution in [0.3, 0.4) is 0 Å². The third-order valence-corrected chi connectivity index (χ3v) is 3.21. The van der Waals surface area contributed by atoms with Gasteiger partial charge in [-0.3, -0.25) is 9.59 Å². The van der Waals surface area contributed by atoms with Crippen LogP contribution < -0.4 is 5.32 Å². The molecule has 1 heterocycles. The van der Waals surface area contributed by atoms with Crippen LogP contribution in [0, 0.1) is 11.8 Å². The van der Waals surface area contributed by atoms with E-state index in [9.17, 15) is 9.59 Å². The van der Waals surface area contributed by atoms with Crippen LogP contribution in [0.2, 0.25) is 0 Å². The van der Waals surface area contributed by atoms with Gasteiger partial charge in [-0.15, -0.1) is 0 Å². The van der Waals surface area contributed by atoms with Crippen molar-refractivity contribution < 1.29 is 14.7 Å². The van der Waals surface area contributed by atoms with Gasteiger partial charge in [0.2, 0.25) is 11.8 Å². The Kier molecular flexibility index (Phi) is 5.41. The largest absolute Gasteiger partial charge is 0.396 e. The molecule has 1 fully saturated rings. The van der Waals surface area contributed by atoms with Crippen LogP contribution in [0.4, 0.5) is 0 Å². The van der Waals surface area contributed by atoms with Gasteiger partial charge in [0, 0.05) is 32.7 Å². The fraction of sp³-hybridized carbons (Fsp3) is 0.833. The highest BCUT2D eigenvalue weighted by atomic mass is 16.3. The molecule has 1 saturated heterocycles. The molecule has 0 aromatic rings. The molecule has 98 valence electrons. The molecule has 17 heavy (non-hydrogen) atoms. The van der Waals surface area contributed by atoms with Crippen LogP contribution in [0.25, 0.3) is 0 Å². The van der Waals surface area contributed by atoms with E-state index in [-0.39, 0.29) is 30.3 Å². The van der Waals surface area contributed by atoms with Crippen molar-refractivity contribution in [2.24, 2.45) is 11.8 Å². The van der Waals surface area contributed by atoms with Crippen LogP contribution >= 0.6 is 0 Å². The first-order valence-corrected chi connectivity index (χ1v) is 6.24. The molecule has 1 rings (SSSR count). The highest BCUT2D eigenvalue weighted by Gasteiger charge is 2.33. The van der Waals surface area contributed by atoms with Crippen molar-refractivity contribution in [3.63, 3.8) is 0 Å². The van der Waals surface area contributed by atoms with Gasteiger partial charge >= 0.3 is 0 Å². The van der Waals surface area contributed by atoms with E-state index in [1.54, 1.807) is 4.90 Å². The normalized spacial score (nSPS) is 21.7. The average Bonchev–Trinajstić information content (AvgIpc) is 2.68. The summed E-state index contributed by atoms with van der Waals surface area (Å²) in [6, 6.07) is 0. The van der Waals surface area contributed by atoms with Crippen molar-refractivity contribution in [1.29, 1.82) is 0 Å². The molecule has 0 aromatic heterocycles. The molecule has 1 aliphatic rings. The maximum absolute atomic E-state index is 11.8. The van der Waals surface area contributed by atoms with Crippen LogP contribution in [0.5, 0.6) is 0 Å². The van der Waals surface area contributed by atoms with Crippen LogP contribution in [0.15, 0.2) is 0 Å². The van der Waals surface area contributed by atoms with E-state index < -0.39 is 0 Å². The first kappa shape index (κ1) is 14.0. The standard InChI is InChI=1S/C12H22N2O3/c1-3-14-8-10(6-11(14)16)12(17)13-7-9(2)4-5-15/h9-10,15H,3-8H2,1-2H3,(H,13,17). The molecular weight excluding hydrogens is 220 g/mol. The summed E-state index contributed by atoms with van der Waals surface area (Å²) in [6.07, 6.45) is 1.01. The maximum atomic E-state index is 11.8. The van der Waals surface area contributed by atoms with Crippen molar-refractivity contribution in [2.45, 2.75) is 26.7 Å². The fourth-order valence-corrected chi connectivity index (χ4v) is 1.99. The zero-order chi connectivity index (χ0) is 12.8. The fourth-order valence-electron chi connectivity index (χ4n) is 1.99. The summed E-state index contributed by atoms with van der Waals surface area (Å²) in [5.41, 5.74) is 0. The number of aliphatic hydroxyl groups is 1. The van der Waals surface area contributed by atoms with Crippen LogP contribution in [-0.4, -0.2) is 48.1 Å². The predicted octanol–water partition coefficient (Wildman–Crippen LogP) is -0.0105. The average molecular weight is 242 g/mol. The zero-order valence-corrected chi connectivity index (χ0v) is 10.6. The zero-order valence-electron chi connectivity index (χ0n) is 10.6. The summed E-state index contributed by atoms with van der Waals surface area (Å²) in [7, 11) is 0. The highest BCUT2D eigenvalue weighted by molar-refractivity contribution is 5.89. The van der Waals surface area contributed by atoms with Crippen molar-refractivity contribution >= 4 is 11.8 Å². The molecule has 5 nitrogen and oxygen atoms in total. The molecule has 2 unspecified atom stereocenters. The van der Waals surface area contributed by atoms with Crippen LogP contribution in [0.1, 0.15) is 26.7 Å². The molecular formula is C12H22N2O3. The van der Waals surface area contributed by atoms with Crippen molar-refractivity contribution in [3.05, 3.63) is 0 Å². The number of aliphatic hydroxyl groups excluding tert-OH is 1. The monoisotopic (exact) mass is 242 g/mol. The van der Waals surface area contributed by atoms with Gasteiger partial charge in [0.05, 0.1) is 5.92 Å². The molecule has 2 atom stereocenters. The minimum atomic E-state index is -0.205. The Balaban J connectivity index is 2.32.